The van der Waals surface area contributed by atoms with E-state index in [1.807, 2.05) is 0 Å². The Hall–Kier alpha value is -3.95. The lowest BCUT2D eigenvalue weighted by molar-refractivity contribution is 0.0699. The summed E-state index contributed by atoms with van der Waals surface area (Å²) in [5, 5.41) is 21.2. The lowest BCUT2D eigenvalue weighted by Crippen LogP contribution is -2.45. The molecule has 0 saturated heterocycles. The summed E-state index contributed by atoms with van der Waals surface area (Å²) in [4.78, 5) is 31.0. The molecule has 1 unspecified atom stereocenters. The monoisotopic (exact) mass is 481 g/mol. The molecule has 2 heterocycles. The number of fused-ring (bicyclic) bond motifs is 2. The predicted octanol–water partition coefficient (Wildman–Crippen LogP) is 4.98. The van der Waals surface area contributed by atoms with E-state index in [-0.39, 0.29) is 51.1 Å². The third kappa shape index (κ3) is 3.05. The van der Waals surface area contributed by atoms with Gasteiger partial charge < -0.3 is 14.6 Å². The van der Waals surface area contributed by atoms with Gasteiger partial charge in [-0.1, -0.05) is 35.9 Å². The zero-order chi connectivity index (χ0) is 24.2. The van der Waals surface area contributed by atoms with Crippen molar-refractivity contribution in [3.8, 4) is 0 Å². The molecule has 34 heavy (non-hydrogen) atoms. The van der Waals surface area contributed by atoms with Gasteiger partial charge in [0.2, 0.25) is 0 Å². The Labute approximate surface area is 197 Å². The van der Waals surface area contributed by atoms with Crippen molar-refractivity contribution in [3.63, 3.8) is 0 Å². The van der Waals surface area contributed by atoms with E-state index in [9.17, 15) is 19.8 Å². The predicted molar refractivity (Wildman–Crippen MR) is 123 cm³/mol. The molecule has 10 heteroatoms. The van der Waals surface area contributed by atoms with E-state index in [2.05, 4.69) is 4.98 Å². The fourth-order valence-corrected chi connectivity index (χ4v) is 4.36. The minimum atomic E-state index is -2.09. The Balaban J connectivity index is 1.73. The lowest BCUT2D eigenvalue weighted by atomic mass is 9.93. The Morgan fingerprint density at radius 3 is 2.71 bits per heavy atom. The van der Waals surface area contributed by atoms with Crippen molar-refractivity contribution < 1.29 is 28.6 Å². The van der Waals surface area contributed by atoms with Crippen molar-refractivity contribution in [1.29, 1.82) is 0 Å². The zero-order valence-corrected chi connectivity index (χ0v) is 18.5. The van der Waals surface area contributed by atoms with Crippen molar-refractivity contribution >= 4 is 46.4 Å². The number of anilines is 2. The Morgan fingerprint density at radius 2 is 1.97 bits per heavy atom. The van der Waals surface area contributed by atoms with Crippen LogP contribution in [-0.2, 0) is 5.72 Å². The van der Waals surface area contributed by atoms with Crippen molar-refractivity contribution in [2.45, 2.75) is 12.6 Å². The Morgan fingerprint density at radius 1 is 1.21 bits per heavy atom. The molecule has 2 N–H and O–H groups in total. The van der Waals surface area contributed by atoms with Crippen LogP contribution in [0.2, 0.25) is 5.02 Å². The fourth-order valence-electron chi connectivity index (χ4n) is 4.19. The zero-order valence-electron chi connectivity index (χ0n) is 17.7. The smallest absolute Gasteiger partial charge is 0.415 e. The van der Waals surface area contributed by atoms with E-state index in [1.165, 1.54) is 36.4 Å². The van der Waals surface area contributed by atoms with Crippen LogP contribution in [0.15, 0.2) is 65.1 Å². The van der Waals surface area contributed by atoms with Gasteiger partial charge >= 0.3 is 12.1 Å². The number of rotatable bonds is 4. The summed E-state index contributed by atoms with van der Waals surface area (Å²) in [7, 11) is 0. The van der Waals surface area contributed by atoms with E-state index in [0.717, 1.165) is 9.80 Å². The van der Waals surface area contributed by atoms with Crippen molar-refractivity contribution in [2.75, 3.05) is 16.3 Å². The number of carboxylic acid groups (broad SMARTS) is 1. The second-order valence-corrected chi connectivity index (χ2v) is 8.04. The first-order valence-electron chi connectivity index (χ1n) is 10.3. The summed E-state index contributed by atoms with van der Waals surface area (Å²) in [6.45, 7) is 1.75. The lowest BCUT2D eigenvalue weighted by Gasteiger charge is -2.35. The molecule has 0 saturated carbocycles. The molecule has 1 atom stereocenters. The number of nitrogens with zero attached hydrogens (tertiary/aromatic N) is 3. The quantitative estimate of drug-likeness (QED) is 0.426. The van der Waals surface area contributed by atoms with E-state index < -0.39 is 23.5 Å². The van der Waals surface area contributed by atoms with Gasteiger partial charge in [0.05, 0.1) is 10.7 Å². The molecule has 0 bridgehead atoms. The van der Waals surface area contributed by atoms with Crippen LogP contribution in [-0.4, -0.2) is 33.7 Å². The van der Waals surface area contributed by atoms with Crippen LogP contribution in [0.1, 0.15) is 28.4 Å². The first-order valence-corrected chi connectivity index (χ1v) is 10.7. The SMILES string of the molecule is CCN(C(=O)O)c1nc2cc(C3(O)c4ccccc4C(=O)N3c3cccc(Cl)c3F)ccc2o1. The van der Waals surface area contributed by atoms with Crippen LogP contribution in [0.25, 0.3) is 11.1 Å². The number of amides is 2. The maximum Gasteiger partial charge on any atom is 0.415 e. The number of aliphatic hydroxyl groups is 1. The fraction of sp³-hybridized carbons (Fsp3) is 0.125. The standard InChI is InChI=1S/C24H17ClFN3O5/c1-2-28(23(31)32)22-27-17-12-13(10-11-19(17)34-22)24(33)15-7-4-3-6-14(15)21(30)29(24)18-9-5-8-16(25)20(18)26/h3-12,33H,2H2,1H3,(H,31,32). The first-order chi connectivity index (χ1) is 16.3. The van der Waals surface area contributed by atoms with Gasteiger partial charge in [0.15, 0.2) is 17.1 Å². The summed E-state index contributed by atoms with van der Waals surface area (Å²) in [5.41, 5.74) is -1.10. The maximum absolute atomic E-state index is 15.0. The van der Waals surface area contributed by atoms with Crippen LogP contribution < -0.4 is 9.80 Å². The van der Waals surface area contributed by atoms with Crippen molar-refractivity contribution in [3.05, 3.63) is 88.2 Å². The second-order valence-electron chi connectivity index (χ2n) is 7.64. The highest BCUT2D eigenvalue weighted by Gasteiger charge is 2.51. The van der Waals surface area contributed by atoms with Crippen LogP contribution in [0.4, 0.5) is 20.9 Å². The number of carbonyl (C=O) groups excluding carboxylic acids is 1. The molecule has 5 rings (SSSR count). The molecule has 2 amide bonds. The average Bonchev–Trinajstić information content (AvgIpc) is 3.33. The molecule has 172 valence electrons. The largest absolute Gasteiger partial charge is 0.465 e. The van der Waals surface area contributed by atoms with Gasteiger partial charge in [-0.2, -0.15) is 4.98 Å². The second kappa shape index (κ2) is 7.82. The van der Waals surface area contributed by atoms with Gasteiger partial charge in [-0.3, -0.25) is 9.69 Å². The third-order valence-electron chi connectivity index (χ3n) is 5.79. The summed E-state index contributed by atoms with van der Waals surface area (Å²) in [6.07, 6.45) is -1.23. The molecule has 0 fully saturated rings. The number of aromatic nitrogens is 1. The maximum atomic E-state index is 15.0. The minimum absolute atomic E-state index is 0.114. The van der Waals surface area contributed by atoms with Gasteiger partial charge in [-0.05, 0) is 43.3 Å². The molecule has 3 aromatic carbocycles. The van der Waals surface area contributed by atoms with Gasteiger partial charge in [-0.25, -0.2) is 14.1 Å². The summed E-state index contributed by atoms with van der Waals surface area (Å²) >= 11 is 5.97. The molecule has 0 radical (unpaired) electrons. The average molecular weight is 482 g/mol. The Kier molecular flexibility index (Phi) is 5.03. The van der Waals surface area contributed by atoms with E-state index in [0.29, 0.717) is 0 Å². The van der Waals surface area contributed by atoms with Gasteiger partial charge in [0, 0.05) is 23.2 Å². The summed E-state index contributed by atoms with van der Waals surface area (Å²) in [6, 6.07) is 15.0. The molecule has 8 nitrogen and oxygen atoms in total. The highest BCUT2D eigenvalue weighted by molar-refractivity contribution is 6.31. The number of hydrogen-bond donors (Lipinski definition) is 2. The molecule has 1 aromatic heterocycles. The molecule has 1 aliphatic heterocycles. The Bertz CT molecular complexity index is 1470. The third-order valence-corrected chi connectivity index (χ3v) is 6.08. The molecule has 1 aliphatic rings. The number of carbonyl (C=O) groups is 2. The number of oxazole rings is 1. The summed E-state index contributed by atoms with van der Waals surface area (Å²) < 4.78 is 20.6. The topological polar surface area (TPSA) is 107 Å². The van der Waals surface area contributed by atoms with Crippen LogP contribution in [0.5, 0.6) is 0 Å². The molecule has 4 aromatic rings. The van der Waals surface area contributed by atoms with Crippen LogP contribution >= 0.6 is 11.6 Å². The molecule has 0 spiro atoms. The van der Waals surface area contributed by atoms with E-state index in [4.69, 9.17) is 16.0 Å². The number of hydrogen-bond acceptors (Lipinski definition) is 5. The molecular weight excluding hydrogens is 465 g/mol. The van der Waals surface area contributed by atoms with Crippen molar-refractivity contribution in [1.82, 2.24) is 4.98 Å². The van der Waals surface area contributed by atoms with Crippen LogP contribution in [0, 0.1) is 5.82 Å². The number of benzene rings is 3. The minimum Gasteiger partial charge on any atom is -0.465 e. The molecular formula is C24H17ClFN3O5. The number of halogens is 2. The van der Waals surface area contributed by atoms with Crippen LogP contribution in [0.3, 0.4) is 0 Å². The molecule has 0 aliphatic carbocycles. The van der Waals surface area contributed by atoms with E-state index in [1.54, 1.807) is 31.2 Å². The van der Waals surface area contributed by atoms with Gasteiger partial charge in [0.25, 0.3) is 5.91 Å². The summed E-state index contributed by atoms with van der Waals surface area (Å²) in [5.74, 6) is -1.46. The highest BCUT2D eigenvalue weighted by atomic mass is 35.5. The van der Waals surface area contributed by atoms with Crippen molar-refractivity contribution in [2.24, 2.45) is 0 Å². The highest BCUT2D eigenvalue weighted by Crippen LogP contribution is 2.46. The van der Waals surface area contributed by atoms with Gasteiger partial charge in [-0.15, -0.1) is 0 Å². The normalized spacial score (nSPS) is 17.3. The first kappa shape index (κ1) is 21.9. The van der Waals surface area contributed by atoms with E-state index >= 15 is 4.39 Å². The van der Waals surface area contributed by atoms with Gasteiger partial charge in [0.1, 0.15) is 5.52 Å².